The van der Waals surface area contributed by atoms with Crippen molar-refractivity contribution >= 4 is 23.5 Å². The van der Waals surface area contributed by atoms with E-state index in [0.29, 0.717) is 5.02 Å². The number of halogens is 1. The minimum Gasteiger partial charge on any atom is -0.468 e. The summed E-state index contributed by atoms with van der Waals surface area (Å²) < 4.78 is 4.70. The topological polar surface area (TPSA) is 55.4 Å². The molecule has 1 aliphatic rings. The summed E-state index contributed by atoms with van der Waals surface area (Å²) in [6.07, 6.45) is 0. The predicted molar refractivity (Wildman–Crippen MR) is 67.3 cm³/mol. The van der Waals surface area contributed by atoms with Crippen LogP contribution >= 0.6 is 11.6 Å². The van der Waals surface area contributed by atoms with Gasteiger partial charge in [-0.2, -0.15) is 0 Å². The standard InChI is InChI=1S/C13H14ClNO3/c1-7-10(8-3-5-9(14)6-4-8)11(12(16)15-7)13(17)18-2/h3-7,10-11H,1-2H3,(H,15,16)/t7-,10-,11-/m0/s1. The van der Waals surface area contributed by atoms with Gasteiger partial charge in [-0.1, -0.05) is 23.7 Å². The van der Waals surface area contributed by atoms with Crippen LogP contribution in [0.25, 0.3) is 0 Å². The molecule has 0 unspecified atom stereocenters. The number of amides is 1. The van der Waals surface area contributed by atoms with Gasteiger partial charge in [0.15, 0.2) is 0 Å². The highest BCUT2D eigenvalue weighted by atomic mass is 35.5. The molecule has 18 heavy (non-hydrogen) atoms. The van der Waals surface area contributed by atoms with Gasteiger partial charge in [0.05, 0.1) is 7.11 Å². The van der Waals surface area contributed by atoms with Crippen LogP contribution in [0.5, 0.6) is 0 Å². The van der Waals surface area contributed by atoms with Crippen LogP contribution in [0.2, 0.25) is 5.02 Å². The number of ether oxygens (including phenoxy) is 1. The zero-order valence-corrected chi connectivity index (χ0v) is 10.9. The molecule has 3 atom stereocenters. The maximum atomic E-state index is 11.8. The Bertz CT molecular complexity index is 464. The van der Waals surface area contributed by atoms with Crippen molar-refractivity contribution in [2.45, 2.75) is 18.9 Å². The van der Waals surface area contributed by atoms with Gasteiger partial charge in [0.25, 0.3) is 0 Å². The summed E-state index contributed by atoms with van der Waals surface area (Å²) in [6, 6.07) is 7.06. The first kappa shape index (κ1) is 12.9. The second kappa shape index (κ2) is 4.98. The van der Waals surface area contributed by atoms with Crippen molar-refractivity contribution < 1.29 is 14.3 Å². The maximum Gasteiger partial charge on any atom is 0.318 e. The largest absolute Gasteiger partial charge is 0.468 e. The molecule has 5 heteroatoms. The smallest absolute Gasteiger partial charge is 0.318 e. The van der Waals surface area contributed by atoms with E-state index in [1.807, 2.05) is 19.1 Å². The maximum absolute atomic E-state index is 11.8. The number of nitrogens with one attached hydrogen (secondary N) is 1. The lowest BCUT2D eigenvalue weighted by atomic mass is 9.84. The third kappa shape index (κ3) is 2.20. The Balaban J connectivity index is 2.36. The van der Waals surface area contributed by atoms with E-state index in [-0.39, 0.29) is 17.9 Å². The molecule has 0 bridgehead atoms. The van der Waals surface area contributed by atoms with E-state index >= 15 is 0 Å². The fraction of sp³-hybridized carbons (Fsp3) is 0.385. The van der Waals surface area contributed by atoms with E-state index in [9.17, 15) is 9.59 Å². The number of rotatable bonds is 2. The van der Waals surface area contributed by atoms with Crippen molar-refractivity contribution in [2.75, 3.05) is 7.11 Å². The van der Waals surface area contributed by atoms with Gasteiger partial charge in [-0.25, -0.2) is 0 Å². The van der Waals surface area contributed by atoms with Gasteiger partial charge >= 0.3 is 5.97 Å². The normalized spacial score (nSPS) is 26.8. The van der Waals surface area contributed by atoms with Crippen molar-refractivity contribution in [2.24, 2.45) is 5.92 Å². The van der Waals surface area contributed by atoms with Crippen molar-refractivity contribution in [1.82, 2.24) is 5.32 Å². The van der Waals surface area contributed by atoms with E-state index in [4.69, 9.17) is 16.3 Å². The molecule has 1 aliphatic heterocycles. The average molecular weight is 268 g/mol. The highest BCUT2D eigenvalue weighted by Crippen LogP contribution is 2.34. The van der Waals surface area contributed by atoms with Gasteiger partial charge in [0.1, 0.15) is 5.92 Å². The molecule has 0 radical (unpaired) electrons. The Morgan fingerprint density at radius 3 is 2.50 bits per heavy atom. The molecule has 1 aromatic carbocycles. The first-order valence-electron chi connectivity index (χ1n) is 5.68. The molecule has 1 heterocycles. The molecular formula is C13H14ClNO3. The molecule has 0 aromatic heterocycles. The van der Waals surface area contributed by atoms with Crippen LogP contribution in [0.3, 0.4) is 0 Å². The quantitative estimate of drug-likeness (QED) is 0.656. The Kier molecular flexibility index (Phi) is 3.57. The summed E-state index contributed by atoms with van der Waals surface area (Å²) in [4.78, 5) is 23.5. The lowest BCUT2D eigenvalue weighted by molar-refractivity contribution is -0.149. The molecule has 0 aliphatic carbocycles. The molecular weight excluding hydrogens is 254 g/mol. The molecule has 1 saturated heterocycles. The minimum atomic E-state index is -0.786. The number of carbonyl (C=O) groups is 2. The van der Waals surface area contributed by atoms with Crippen LogP contribution in [0.4, 0.5) is 0 Å². The van der Waals surface area contributed by atoms with E-state index in [0.717, 1.165) is 5.56 Å². The molecule has 1 amide bonds. The molecule has 0 spiro atoms. The lowest BCUT2D eigenvalue weighted by Gasteiger charge is -2.19. The molecule has 2 rings (SSSR count). The van der Waals surface area contributed by atoms with Gasteiger partial charge in [-0.05, 0) is 24.6 Å². The fourth-order valence-electron chi connectivity index (χ4n) is 2.40. The summed E-state index contributed by atoms with van der Waals surface area (Å²) in [6.45, 7) is 1.88. The zero-order chi connectivity index (χ0) is 13.3. The van der Waals surface area contributed by atoms with E-state index in [1.165, 1.54) is 7.11 Å². The SMILES string of the molecule is COC(=O)[C@@H]1C(=O)N[C@@H](C)[C@H]1c1ccc(Cl)cc1. The third-order valence-corrected chi connectivity index (χ3v) is 3.51. The molecule has 1 N–H and O–H groups in total. The van der Waals surface area contributed by atoms with Crippen LogP contribution in [0.1, 0.15) is 18.4 Å². The average Bonchev–Trinajstić information content (AvgIpc) is 2.64. The summed E-state index contributed by atoms with van der Waals surface area (Å²) >= 11 is 5.84. The lowest BCUT2D eigenvalue weighted by Crippen LogP contribution is -2.28. The molecule has 96 valence electrons. The number of esters is 1. The summed E-state index contributed by atoms with van der Waals surface area (Å²) in [5.41, 5.74) is 0.903. The van der Waals surface area contributed by atoms with Crippen LogP contribution in [0.15, 0.2) is 24.3 Å². The van der Waals surface area contributed by atoms with E-state index in [2.05, 4.69) is 5.32 Å². The number of methoxy groups -OCH3 is 1. The molecule has 0 saturated carbocycles. The summed E-state index contributed by atoms with van der Waals surface area (Å²) in [5.74, 6) is -1.79. The monoisotopic (exact) mass is 267 g/mol. The van der Waals surface area contributed by atoms with E-state index in [1.54, 1.807) is 12.1 Å². The second-order valence-electron chi connectivity index (χ2n) is 4.38. The van der Waals surface area contributed by atoms with Crippen molar-refractivity contribution in [3.8, 4) is 0 Å². The number of benzene rings is 1. The minimum absolute atomic E-state index is 0.109. The number of carbonyl (C=O) groups excluding carboxylic acids is 2. The summed E-state index contributed by atoms with van der Waals surface area (Å²) in [7, 11) is 1.29. The van der Waals surface area contributed by atoms with Crippen LogP contribution < -0.4 is 5.32 Å². The number of hydrogen-bond acceptors (Lipinski definition) is 3. The van der Waals surface area contributed by atoms with Gasteiger partial charge < -0.3 is 10.1 Å². The van der Waals surface area contributed by atoms with Gasteiger partial charge in [-0.3, -0.25) is 9.59 Å². The Hall–Kier alpha value is -1.55. The van der Waals surface area contributed by atoms with Crippen LogP contribution in [0, 0.1) is 5.92 Å². The van der Waals surface area contributed by atoms with Crippen molar-refractivity contribution in [1.29, 1.82) is 0 Å². The molecule has 4 nitrogen and oxygen atoms in total. The van der Waals surface area contributed by atoms with Crippen molar-refractivity contribution in [3.63, 3.8) is 0 Å². The van der Waals surface area contributed by atoms with Gasteiger partial charge in [-0.15, -0.1) is 0 Å². The summed E-state index contributed by atoms with van der Waals surface area (Å²) in [5, 5.41) is 3.40. The highest BCUT2D eigenvalue weighted by molar-refractivity contribution is 6.30. The Morgan fingerprint density at radius 2 is 1.94 bits per heavy atom. The third-order valence-electron chi connectivity index (χ3n) is 3.26. The highest BCUT2D eigenvalue weighted by Gasteiger charge is 2.46. The van der Waals surface area contributed by atoms with E-state index < -0.39 is 11.9 Å². The molecule has 1 fully saturated rings. The second-order valence-corrected chi connectivity index (χ2v) is 4.81. The van der Waals surface area contributed by atoms with Crippen LogP contribution in [-0.2, 0) is 14.3 Å². The Morgan fingerprint density at radius 1 is 1.33 bits per heavy atom. The first-order valence-corrected chi connectivity index (χ1v) is 6.06. The van der Waals surface area contributed by atoms with Crippen molar-refractivity contribution in [3.05, 3.63) is 34.9 Å². The fourth-order valence-corrected chi connectivity index (χ4v) is 2.53. The Labute approximate surface area is 110 Å². The van der Waals surface area contributed by atoms with Gasteiger partial charge in [0.2, 0.25) is 5.91 Å². The number of hydrogen-bond donors (Lipinski definition) is 1. The first-order chi connectivity index (χ1) is 8.54. The zero-order valence-electron chi connectivity index (χ0n) is 10.1. The van der Waals surface area contributed by atoms with Crippen LogP contribution in [-0.4, -0.2) is 25.0 Å². The molecule has 1 aromatic rings. The predicted octanol–water partition coefficient (Wildman–Crippen LogP) is 1.73. The van der Waals surface area contributed by atoms with Gasteiger partial charge in [0, 0.05) is 17.0 Å².